The highest BCUT2D eigenvalue weighted by molar-refractivity contribution is 6.08. The Balaban J connectivity index is 1.57. The van der Waals surface area contributed by atoms with Gasteiger partial charge in [0, 0.05) is 42.0 Å². The molecule has 1 saturated heterocycles. The van der Waals surface area contributed by atoms with Crippen LogP contribution in [0.25, 0.3) is 22.0 Å². The smallest absolute Gasteiger partial charge is 0.224 e. The van der Waals surface area contributed by atoms with Gasteiger partial charge in [-0.25, -0.2) is 4.39 Å². The average Bonchev–Trinajstić information content (AvgIpc) is 3.28. The molecule has 0 bridgehead atoms. The molecule has 164 valence electrons. The van der Waals surface area contributed by atoms with Crippen LogP contribution in [-0.2, 0) is 4.79 Å². The second kappa shape index (κ2) is 8.15. The minimum Gasteiger partial charge on any atom is -0.361 e. The van der Waals surface area contributed by atoms with Gasteiger partial charge in [-0.15, -0.1) is 0 Å². The molecule has 3 heterocycles. The zero-order valence-corrected chi connectivity index (χ0v) is 18.2. The highest BCUT2D eigenvalue weighted by Gasteiger charge is 2.43. The zero-order chi connectivity index (χ0) is 23.0. The molecule has 1 aliphatic rings. The number of fused-ring (bicyclic) bond motifs is 1. The molecule has 1 amide bonds. The molecule has 0 saturated carbocycles. The summed E-state index contributed by atoms with van der Waals surface area (Å²) >= 11 is 0. The first-order valence-electron chi connectivity index (χ1n) is 10.4. The minimum atomic E-state index is -1.59. The summed E-state index contributed by atoms with van der Waals surface area (Å²) in [4.78, 5) is 31.2. The molecule has 0 N–H and O–H groups in total. The van der Waals surface area contributed by atoms with Crippen LogP contribution >= 0.6 is 0 Å². The van der Waals surface area contributed by atoms with Crippen molar-refractivity contribution in [2.45, 2.75) is 51.7 Å². The summed E-state index contributed by atoms with van der Waals surface area (Å²) in [6.45, 7) is 4.94. The quantitative estimate of drug-likeness (QED) is 0.555. The number of alkyl halides is 1. The van der Waals surface area contributed by atoms with Crippen LogP contribution in [0, 0.1) is 25.2 Å². The van der Waals surface area contributed by atoms with Gasteiger partial charge in [0.25, 0.3) is 0 Å². The number of aryl methyl sites for hydroxylation is 2. The molecule has 8 heteroatoms. The number of pyridine rings is 1. The van der Waals surface area contributed by atoms with E-state index < -0.39 is 11.7 Å². The summed E-state index contributed by atoms with van der Waals surface area (Å²) in [5.74, 6) is 0.0835. The summed E-state index contributed by atoms with van der Waals surface area (Å²) < 4.78 is 19.5. The van der Waals surface area contributed by atoms with E-state index in [1.807, 2.05) is 38.1 Å². The first-order valence-corrected chi connectivity index (χ1v) is 10.4. The van der Waals surface area contributed by atoms with Crippen LogP contribution in [0.5, 0.6) is 0 Å². The Kier molecular flexibility index (Phi) is 5.51. The molecule has 0 spiro atoms. The van der Waals surface area contributed by atoms with Crippen LogP contribution in [0.15, 0.2) is 35.0 Å². The lowest BCUT2D eigenvalue weighted by molar-refractivity contribution is -0.131. The van der Waals surface area contributed by atoms with Crippen LogP contribution < -0.4 is 0 Å². The van der Waals surface area contributed by atoms with Gasteiger partial charge in [0.15, 0.2) is 5.78 Å². The highest BCUT2D eigenvalue weighted by Crippen LogP contribution is 2.32. The van der Waals surface area contributed by atoms with Crippen molar-refractivity contribution in [3.05, 3.63) is 47.5 Å². The number of likely N-dealkylation sites (tertiary alicyclic amines) is 1. The normalized spacial score (nSPS) is 20.5. The molecular formula is C24H23FN4O3. The maximum absolute atomic E-state index is 14.3. The number of nitrogens with zero attached hydrogens (tertiary/aromatic N) is 4. The van der Waals surface area contributed by atoms with E-state index in [-0.39, 0.29) is 37.5 Å². The van der Waals surface area contributed by atoms with Gasteiger partial charge in [-0.3, -0.25) is 14.6 Å². The van der Waals surface area contributed by atoms with Crippen LogP contribution in [0.1, 0.15) is 48.0 Å². The third-order valence-electron chi connectivity index (χ3n) is 5.89. The monoisotopic (exact) mass is 434 g/mol. The number of rotatable bonds is 5. The first-order chi connectivity index (χ1) is 15.2. The number of hydrogen-bond acceptors (Lipinski definition) is 6. The standard InChI is InChI=1S/C24H23FN4O3/c1-14-23(15(2)32-28-14)16-4-5-20-19(10-16)18(8-9-27-20)21(30)6-7-22(31)29-13-24(3,25)11-17(29)12-26/h4-5,8-10,17H,6-7,11,13H2,1-3H3/t17-,24?/m0/s1. The Morgan fingerprint density at radius 1 is 1.31 bits per heavy atom. The van der Waals surface area contributed by atoms with E-state index in [0.717, 1.165) is 16.8 Å². The van der Waals surface area contributed by atoms with E-state index in [0.29, 0.717) is 22.2 Å². The second-order valence-electron chi connectivity index (χ2n) is 8.50. The average molecular weight is 434 g/mol. The van der Waals surface area contributed by atoms with E-state index in [1.165, 1.54) is 11.8 Å². The second-order valence-corrected chi connectivity index (χ2v) is 8.50. The predicted molar refractivity (Wildman–Crippen MR) is 116 cm³/mol. The Bertz CT molecular complexity index is 1240. The van der Waals surface area contributed by atoms with Gasteiger partial charge >= 0.3 is 0 Å². The number of ketones is 1. The van der Waals surface area contributed by atoms with Crippen LogP contribution in [-0.4, -0.2) is 45.0 Å². The van der Waals surface area contributed by atoms with Gasteiger partial charge in [-0.05, 0) is 44.5 Å². The maximum atomic E-state index is 14.3. The van der Waals surface area contributed by atoms with E-state index in [1.54, 1.807) is 12.3 Å². The molecule has 0 aliphatic carbocycles. The fourth-order valence-corrected chi connectivity index (χ4v) is 4.36. The fraction of sp³-hybridized carbons (Fsp3) is 0.375. The maximum Gasteiger partial charge on any atom is 0.224 e. The van der Waals surface area contributed by atoms with Gasteiger partial charge in [-0.1, -0.05) is 11.2 Å². The lowest BCUT2D eigenvalue weighted by atomic mass is 9.97. The van der Waals surface area contributed by atoms with Crippen molar-refractivity contribution in [3.63, 3.8) is 0 Å². The third-order valence-corrected chi connectivity index (χ3v) is 5.89. The van der Waals surface area contributed by atoms with Crippen molar-refractivity contribution in [3.8, 4) is 17.2 Å². The summed E-state index contributed by atoms with van der Waals surface area (Å²) in [5, 5.41) is 13.9. The van der Waals surface area contributed by atoms with Gasteiger partial charge in [0.1, 0.15) is 17.5 Å². The molecule has 3 aromatic rings. The number of Topliss-reactive ketones (excluding diaryl/α,β-unsaturated/α-hetero) is 1. The molecule has 32 heavy (non-hydrogen) atoms. The number of amides is 1. The summed E-state index contributed by atoms with van der Waals surface area (Å²) in [7, 11) is 0. The predicted octanol–water partition coefficient (Wildman–Crippen LogP) is 4.32. The largest absolute Gasteiger partial charge is 0.361 e. The van der Waals surface area contributed by atoms with E-state index in [2.05, 4.69) is 10.1 Å². The highest BCUT2D eigenvalue weighted by atomic mass is 19.1. The SMILES string of the molecule is Cc1noc(C)c1-c1ccc2nccc(C(=O)CCC(=O)N3CC(C)(F)C[C@H]3C#N)c2c1. The van der Waals surface area contributed by atoms with Crippen molar-refractivity contribution in [2.24, 2.45) is 0 Å². The van der Waals surface area contributed by atoms with Crippen LogP contribution in [0.2, 0.25) is 0 Å². The number of halogens is 1. The number of hydrogen-bond donors (Lipinski definition) is 0. The van der Waals surface area contributed by atoms with E-state index in [9.17, 15) is 19.2 Å². The van der Waals surface area contributed by atoms with Gasteiger partial charge in [0.2, 0.25) is 5.91 Å². The fourth-order valence-electron chi connectivity index (χ4n) is 4.36. The molecule has 7 nitrogen and oxygen atoms in total. The Morgan fingerprint density at radius 3 is 2.78 bits per heavy atom. The zero-order valence-electron chi connectivity index (χ0n) is 18.2. The number of aromatic nitrogens is 2. The lowest BCUT2D eigenvalue weighted by Crippen LogP contribution is -2.36. The topological polar surface area (TPSA) is 100 Å². The van der Waals surface area contributed by atoms with E-state index >= 15 is 0 Å². The molecule has 4 rings (SSSR count). The van der Waals surface area contributed by atoms with E-state index in [4.69, 9.17) is 4.52 Å². The summed E-state index contributed by atoms with van der Waals surface area (Å²) in [6, 6.07) is 8.44. The third kappa shape index (κ3) is 3.98. The van der Waals surface area contributed by atoms with Gasteiger partial charge in [0.05, 0.1) is 23.8 Å². The molecule has 1 unspecified atom stereocenters. The summed E-state index contributed by atoms with van der Waals surface area (Å²) in [5.41, 5.74) is 2.02. The van der Waals surface area contributed by atoms with Crippen molar-refractivity contribution in [2.75, 3.05) is 6.54 Å². The molecule has 1 aromatic carbocycles. The van der Waals surface area contributed by atoms with Gasteiger partial charge < -0.3 is 9.42 Å². The van der Waals surface area contributed by atoms with Crippen molar-refractivity contribution < 1.29 is 18.5 Å². The van der Waals surface area contributed by atoms with Crippen molar-refractivity contribution >= 4 is 22.6 Å². The number of carbonyl (C=O) groups excluding carboxylic acids is 2. The molecule has 2 atom stereocenters. The van der Waals surface area contributed by atoms with Gasteiger partial charge in [-0.2, -0.15) is 5.26 Å². The van der Waals surface area contributed by atoms with Crippen molar-refractivity contribution in [1.82, 2.24) is 15.0 Å². The Hall–Kier alpha value is -3.60. The van der Waals surface area contributed by atoms with Crippen LogP contribution in [0.4, 0.5) is 4.39 Å². The number of benzene rings is 1. The number of nitriles is 1. The lowest BCUT2D eigenvalue weighted by Gasteiger charge is -2.19. The minimum absolute atomic E-state index is 0.0113. The Morgan fingerprint density at radius 2 is 2.09 bits per heavy atom. The molecule has 0 radical (unpaired) electrons. The molecule has 1 fully saturated rings. The first kappa shape index (κ1) is 21.6. The molecular weight excluding hydrogens is 411 g/mol. The molecule has 2 aromatic heterocycles. The van der Waals surface area contributed by atoms with Crippen LogP contribution in [0.3, 0.4) is 0 Å². The number of carbonyl (C=O) groups is 2. The Labute approximate surface area is 184 Å². The summed E-state index contributed by atoms with van der Waals surface area (Å²) in [6.07, 6.45) is 1.43. The molecule has 1 aliphatic heterocycles. The van der Waals surface area contributed by atoms with Crippen molar-refractivity contribution in [1.29, 1.82) is 5.26 Å².